The molecule has 0 heterocycles. The summed E-state index contributed by atoms with van der Waals surface area (Å²) in [5, 5.41) is 0. The maximum absolute atomic E-state index is 11.9. The van der Waals surface area contributed by atoms with Crippen LogP contribution in [0.2, 0.25) is 0 Å². The molecule has 0 saturated carbocycles. The van der Waals surface area contributed by atoms with Crippen LogP contribution in [0.5, 0.6) is 0 Å². The fourth-order valence-electron chi connectivity index (χ4n) is 1.70. The molecule has 0 N–H and O–H groups in total. The summed E-state index contributed by atoms with van der Waals surface area (Å²) in [4.78, 5) is 0. The van der Waals surface area contributed by atoms with Gasteiger partial charge in [-0.1, -0.05) is 19.8 Å². The predicted octanol–water partition coefficient (Wildman–Crippen LogP) is 3.86. The molecule has 2 nitrogen and oxygen atoms in total. The zero-order valence-corrected chi connectivity index (χ0v) is 10.9. The normalized spacial score (nSPS) is 17.6. The van der Waals surface area contributed by atoms with Gasteiger partial charge in [0.2, 0.25) is 0 Å². The second-order valence-corrected chi connectivity index (χ2v) is 4.21. The van der Waals surface area contributed by atoms with E-state index in [1.54, 1.807) is 7.11 Å². The molecule has 0 aliphatic rings. The van der Waals surface area contributed by atoms with Gasteiger partial charge in [-0.2, -0.15) is 0 Å². The van der Waals surface area contributed by atoms with Crippen molar-refractivity contribution in [3.63, 3.8) is 0 Å². The van der Waals surface area contributed by atoms with Gasteiger partial charge in [0.15, 0.2) is 0 Å². The molecule has 0 aromatic carbocycles. The van der Waals surface area contributed by atoms with Crippen molar-refractivity contribution in [3.8, 4) is 0 Å². The lowest BCUT2D eigenvalue weighted by molar-refractivity contribution is -0.0132. The standard InChI is InChI=1S/C13H25FO2/c1-5-6-7-13(15-4)10-12(3)16-11(2)8-9-14/h8-9,11-13H,5-7,10H2,1-4H3/b9-8+. The molecule has 0 rings (SSSR count). The summed E-state index contributed by atoms with van der Waals surface area (Å²) in [6.07, 6.45) is 6.37. The second kappa shape index (κ2) is 9.79. The number of ether oxygens (including phenoxy) is 2. The van der Waals surface area contributed by atoms with Crippen molar-refractivity contribution in [2.24, 2.45) is 0 Å². The Kier molecular flexibility index (Phi) is 9.54. The molecule has 0 aromatic rings. The minimum Gasteiger partial charge on any atom is -0.381 e. The van der Waals surface area contributed by atoms with Crippen molar-refractivity contribution in [3.05, 3.63) is 12.4 Å². The molecular formula is C13H25FO2. The molecule has 0 spiro atoms. The maximum Gasteiger partial charge on any atom is 0.0852 e. The molecule has 3 atom stereocenters. The summed E-state index contributed by atoms with van der Waals surface area (Å²) in [6.45, 7) is 6.00. The largest absolute Gasteiger partial charge is 0.381 e. The van der Waals surface area contributed by atoms with Gasteiger partial charge in [-0.05, 0) is 32.8 Å². The number of halogens is 1. The quantitative estimate of drug-likeness (QED) is 0.601. The average Bonchev–Trinajstić information content (AvgIpc) is 2.24. The highest BCUT2D eigenvalue weighted by Gasteiger charge is 2.14. The first-order valence-electron chi connectivity index (χ1n) is 6.09. The van der Waals surface area contributed by atoms with Crippen LogP contribution >= 0.6 is 0 Å². The van der Waals surface area contributed by atoms with Crippen molar-refractivity contribution < 1.29 is 13.9 Å². The van der Waals surface area contributed by atoms with Crippen LogP contribution in [0.25, 0.3) is 0 Å². The van der Waals surface area contributed by atoms with Gasteiger partial charge < -0.3 is 9.47 Å². The van der Waals surface area contributed by atoms with E-state index in [9.17, 15) is 4.39 Å². The predicted molar refractivity (Wildman–Crippen MR) is 65.2 cm³/mol. The second-order valence-electron chi connectivity index (χ2n) is 4.21. The van der Waals surface area contributed by atoms with Crippen LogP contribution in [0.15, 0.2) is 12.4 Å². The molecule has 0 aromatic heterocycles. The summed E-state index contributed by atoms with van der Waals surface area (Å²) in [5.41, 5.74) is 0. The first kappa shape index (κ1) is 15.6. The molecule has 0 fully saturated rings. The van der Waals surface area contributed by atoms with Gasteiger partial charge in [-0.3, -0.25) is 0 Å². The number of unbranched alkanes of at least 4 members (excludes halogenated alkanes) is 1. The monoisotopic (exact) mass is 232 g/mol. The van der Waals surface area contributed by atoms with Gasteiger partial charge in [0.25, 0.3) is 0 Å². The van der Waals surface area contributed by atoms with Gasteiger partial charge in [-0.25, -0.2) is 4.39 Å². The van der Waals surface area contributed by atoms with Crippen LogP contribution in [0.1, 0.15) is 46.5 Å². The van der Waals surface area contributed by atoms with Crippen molar-refractivity contribution in [2.75, 3.05) is 7.11 Å². The van der Waals surface area contributed by atoms with E-state index < -0.39 is 0 Å². The van der Waals surface area contributed by atoms with E-state index in [-0.39, 0.29) is 18.3 Å². The van der Waals surface area contributed by atoms with Crippen LogP contribution in [-0.2, 0) is 9.47 Å². The average molecular weight is 232 g/mol. The summed E-state index contributed by atoms with van der Waals surface area (Å²) in [7, 11) is 1.73. The van der Waals surface area contributed by atoms with Gasteiger partial charge in [-0.15, -0.1) is 0 Å². The van der Waals surface area contributed by atoms with E-state index in [1.807, 2.05) is 13.8 Å². The zero-order chi connectivity index (χ0) is 12.4. The molecule has 96 valence electrons. The van der Waals surface area contributed by atoms with Crippen molar-refractivity contribution in [1.82, 2.24) is 0 Å². The van der Waals surface area contributed by atoms with Crippen LogP contribution in [0.3, 0.4) is 0 Å². The van der Waals surface area contributed by atoms with Crippen molar-refractivity contribution in [2.45, 2.75) is 64.8 Å². The lowest BCUT2D eigenvalue weighted by Gasteiger charge is -2.22. The first-order chi connectivity index (χ1) is 7.63. The molecule has 0 aliphatic heterocycles. The minimum atomic E-state index is -0.177. The lowest BCUT2D eigenvalue weighted by Crippen LogP contribution is -2.23. The van der Waals surface area contributed by atoms with E-state index in [0.29, 0.717) is 6.33 Å². The molecule has 16 heavy (non-hydrogen) atoms. The highest BCUT2D eigenvalue weighted by Crippen LogP contribution is 2.13. The summed E-state index contributed by atoms with van der Waals surface area (Å²) < 4.78 is 22.9. The third-order valence-electron chi connectivity index (χ3n) is 2.60. The minimum absolute atomic E-state index is 0.0907. The molecule has 3 heteroatoms. The van der Waals surface area contributed by atoms with Crippen molar-refractivity contribution >= 4 is 0 Å². The fourth-order valence-corrected chi connectivity index (χ4v) is 1.70. The Labute approximate surface area is 98.8 Å². The third kappa shape index (κ3) is 7.83. The van der Waals surface area contributed by atoms with Crippen LogP contribution in [-0.4, -0.2) is 25.4 Å². The molecule has 0 radical (unpaired) electrons. The Morgan fingerprint density at radius 3 is 2.50 bits per heavy atom. The highest BCUT2D eigenvalue weighted by atomic mass is 19.1. The summed E-state index contributed by atoms with van der Waals surface area (Å²) >= 11 is 0. The molecule has 0 amide bonds. The van der Waals surface area contributed by atoms with E-state index in [1.165, 1.54) is 18.9 Å². The Bertz CT molecular complexity index is 183. The Morgan fingerprint density at radius 1 is 1.31 bits per heavy atom. The van der Waals surface area contributed by atoms with E-state index >= 15 is 0 Å². The summed E-state index contributed by atoms with van der Waals surface area (Å²) in [6, 6.07) is 0. The van der Waals surface area contributed by atoms with Gasteiger partial charge >= 0.3 is 0 Å². The molecule has 0 bridgehead atoms. The van der Waals surface area contributed by atoms with Crippen LogP contribution in [0, 0.1) is 0 Å². The Morgan fingerprint density at radius 2 is 2.00 bits per heavy atom. The highest BCUT2D eigenvalue weighted by molar-refractivity contribution is 4.81. The molecule has 0 saturated heterocycles. The first-order valence-corrected chi connectivity index (χ1v) is 6.09. The van der Waals surface area contributed by atoms with E-state index in [0.717, 1.165) is 12.8 Å². The molecular weight excluding hydrogens is 207 g/mol. The van der Waals surface area contributed by atoms with E-state index in [2.05, 4.69) is 6.92 Å². The SMILES string of the molecule is CCCCC(CC(C)OC(C)/C=C/F)OC. The molecule has 0 aliphatic carbocycles. The third-order valence-corrected chi connectivity index (χ3v) is 2.60. The van der Waals surface area contributed by atoms with Gasteiger partial charge in [0.1, 0.15) is 0 Å². The van der Waals surface area contributed by atoms with E-state index in [4.69, 9.17) is 9.47 Å². The topological polar surface area (TPSA) is 18.5 Å². The fraction of sp³-hybridized carbons (Fsp3) is 0.846. The maximum atomic E-state index is 11.9. The van der Waals surface area contributed by atoms with Gasteiger partial charge in [0, 0.05) is 7.11 Å². The van der Waals surface area contributed by atoms with Crippen molar-refractivity contribution in [1.29, 1.82) is 0 Å². The van der Waals surface area contributed by atoms with Crippen LogP contribution < -0.4 is 0 Å². The zero-order valence-electron chi connectivity index (χ0n) is 10.9. The Balaban J connectivity index is 3.85. The number of methoxy groups -OCH3 is 1. The molecule has 3 unspecified atom stereocenters. The number of hydrogen-bond donors (Lipinski definition) is 0. The smallest absolute Gasteiger partial charge is 0.0852 e. The lowest BCUT2D eigenvalue weighted by atomic mass is 10.1. The van der Waals surface area contributed by atoms with Crippen LogP contribution in [0.4, 0.5) is 4.39 Å². The van der Waals surface area contributed by atoms with Gasteiger partial charge in [0.05, 0.1) is 24.6 Å². The summed E-state index contributed by atoms with van der Waals surface area (Å²) in [5.74, 6) is 0. The Hall–Kier alpha value is -0.410. The number of hydrogen-bond acceptors (Lipinski definition) is 2. The number of rotatable bonds is 9.